The van der Waals surface area contributed by atoms with Gasteiger partial charge in [0.15, 0.2) is 6.79 Å². The van der Waals surface area contributed by atoms with Crippen molar-refractivity contribution in [2.75, 3.05) is 13.4 Å². The van der Waals surface area contributed by atoms with Crippen molar-refractivity contribution in [3.05, 3.63) is 23.8 Å². The second-order valence-corrected chi connectivity index (χ2v) is 6.38. The summed E-state index contributed by atoms with van der Waals surface area (Å²) in [6, 6.07) is 6.02. The van der Waals surface area contributed by atoms with E-state index in [0.717, 1.165) is 16.8 Å². The van der Waals surface area contributed by atoms with E-state index in [-0.39, 0.29) is 18.0 Å². The number of hydrogen-bond donors (Lipinski definition) is 0. The lowest BCUT2D eigenvalue weighted by molar-refractivity contribution is 0.00578. The molecular weight excluding hydrogens is 267 g/mol. The summed E-state index contributed by atoms with van der Waals surface area (Å²) < 4.78 is 23.2. The van der Waals surface area contributed by atoms with Gasteiger partial charge in [0.25, 0.3) is 0 Å². The fourth-order valence-electron chi connectivity index (χ4n) is 2.12. The van der Waals surface area contributed by atoms with E-state index >= 15 is 0 Å². The van der Waals surface area contributed by atoms with Crippen molar-refractivity contribution >= 4 is 12.6 Å². The first-order chi connectivity index (χ1) is 9.77. The van der Waals surface area contributed by atoms with Crippen LogP contribution in [0, 0.1) is 6.92 Å². The summed E-state index contributed by atoms with van der Waals surface area (Å²) in [7, 11) is -0.424. The molecule has 4 nitrogen and oxygen atoms in total. The SMILES string of the molecule is CCOCOc1cc(C)ccc1B1OC(C)(C)C(C)(C)O1. The van der Waals surface area contributed by atoms with E-state index in [1.54, 1.807) is 0 Å². The minimum atomic E-state index is -0.424. The molecule has 1 fully saturated rings. The lowest BCUT2D eigenvalue weighted by Gasteiger charge is -2.32. The average Bonchev–Trinajstić information content (AvgIpc) is 2.58. The predicted molar refractivity (Wildman–Crippen MR) is 84.0 cm³/mol. The largest absolute Gasteiger partial charge is 0.498 e. The fraction of sp³-hybridized carbons (Fsp3) is 0.625. The van der Waals surface area contributed by atoms with Gasteiger partial charge in [0.2, 0.25) is 0 Å². The van der Waals surface area contributed by atoms with Crippen molar-refractivity contribution in [2.24, 2.45) is 0 Å². The van der Waals surface area contributed by atoms with Crippen LogP contribution in [0.4, 0.5) is 0 Å². The first-order valence-corrected chi connectivity index (χ1v) is 7.43. The van der Waals surface area contributed by atoms with E-state index in [4.69, 9.17) is 18.8 Å². The van der Waals surface area contributed by atoms with Gasteiger partial charge in [-0.05, 0) is 53.2 Å². The van der Waals surface area contributed by atoms with Gasteiger partial charge in [0, 0.05) is 12.1 Å². The average molecular weight is 292 g/mol. The summed E-state index contributed by atoms with van der Waals surface area (Å²) in [5.74, 6) is 0.752. The van der Waals surface area contributed by atoms with Crippen molar-refractivity contribution in [1.29, 1.82) is 0 Å². The lowest BCUT2D eigenvalue weighted by Crippen LogP contribution is -2.41. The lowest BCUT2D eigenvalue weighted by atomic mass is 9.78. The Bertz CT molecular complexity index is 483. The van der Waals surface area contributed by atoms with Crippen molar-refractivity contribution in [3.8, 4) is 5.75 Å². The molecule has 1 aliphatic heterocycles. The Hall–Kier alpha value is -1.04. The summed E-state index contributed by atoms with van der Waals surface area (Å²) in [6.07, 6.45) is 0. The molecule has 5 heteroatoms. The van der Waals surface area contributed by atoms with Crippen molar-refractivity contribution in [3.63, 3.8) is 0 Å². The van der Waals surface area contributed by atoms with Crippen LogP contribution in [0.1, 0.15) is 40.2 Å². The molecule has 0 saturated carbocycles. The van der Waals surface area contributed by atoms with E-state index in [2.05, 4.69) is 0 Å². The molecule has 0 atom stereocenters. The van der Waals surface area contributed by atoms with Gasteiger partial charge in [-0.15, -0.1) is 0 Å². The third-order valence-corrected chi connectivity index (χ3v) is 4.18. The molecule has 1 aliphatic rings. The third-order valence-electron chi connectivity index (χ3n) is 4.18. The molecule has 1 heterocycles. The first kappa shape index (κ1) is 16.3. The summed E-state index contributed by atoms with van der Waals surface area (Å²) in [4.78, 5) is 0. The van der Waals surface area contributed by atoms with Crippen LogP contribution < -0.4 is 10.2 Å². The summed E-state index contributed by atoms with van der Waals surface area (Å²) in [6.45, 7) is 13.0. The van der Waals surface area contributed by atoms with Crippen molar-refractivity contribution in [1.82, 2.24) is 0 Å². The molecule has 2 rings (SSSR count). The van der Waals surface area contributed by atoms with Crippen LogP contribution in [0.15, 0.2) is 18.2 Å². The second-order valence-electron chi connectivity index (χ2n) is 6.38. The van der Waals surface area contributed by atoms with Gasteiger partial charge in [0.1, 0.15) is 5.75 Å². The van der Waals surface area contributed by atoms with E-state index < -0.39 is 7.12 Å². The van der Waals surface area contributed by atoms with Gasteiger partial charge in [-0.1, -0.05) is 12.1 Å². The second kappa shape index (κ2) is 5.99. The third kappa shape index (κ3) is 3.42. The van der Waals surface area contributed by atoms with E-state index in [9.17, 15) is 0 Å². The molecule has 0 amide bonds. The Morgan fingerprint density at radius 1 is 1.10 bits per heavy atom. The molecule has 0 unspecified atom stereocenters. The molecule has 21 heavy (non-hydrogen) atoms. The van der Waals surface area contributed by atoms with Gasteiger partial charge in [0.05, 0.1) is 11.2 Å². The number of rotatable bonds is 5. The number of hydrogen-bond acceptors (Lipinski definition) is 4. The van der Waals surface area contributed by atoms with Gasteiger partial charge >= 0.3 is 7.12 Å². The van der Waals surface area contributed by atoms with Crippen LogP contribution in [0.2, 0.25) is 0 Å². The van der Waals surface area contributed by atoms with Crippen LogP contribution in [-0.4, -0.2) is 31.7 Å². The summed E-state index contributed by atoms with van der Waals surface area (Å²) in [5, 5.41) is 0. The predicted octanol–water partition coefficient (Wildman–Crippen LogP) is 2.67. The minimum absolute atomic E-state index is 0.229. The van der Waals surface area contributed by atoms with Gasteiger partial charge in [-0.25, -0.2) is 0 Å². The van der Waals surface area contributed by atoms with Crippen molar-refractivity contribution in [2.45, 2.75) is 52.7 Å². The van der Waals surface area contributed by atoms with Gasteiger partial charge in [-0.3, -0.25) is 0 Å². The topological polar surface area (TPSA) is 36.9 Å². The van der Waals surface area contributed by atoms with Crippen LogP contribution in [0.3, 0.4) is 0 Å². The molecule has 1 aromatic rings. The minimum Gasteiger partial charge on any atom is -0.468 e. The van der Waals surface area contributed by atoms with E-state index in [1.807, 2.05) is 59.7 Å². The number of benzene rings is 1. The summed E-state index contributed by atoms with van der Waals surface area (Å²) >= 11 is 0. The highest BCUT2D eigenvalue weighted by Crippen LogP contribution is 2.37. The zero-order chi connectivity index (χ0) is 15.7. The summed E-state index contributed by atoms with van der Waals surface area (Å²) in [5.41, 5.74) is 1.31. The highest BCUT2D eigenvalue weighted by molar-refractivity contribution is 6.63. The molecule has 0 N–H and O–H groups in total. The molecule has 0 aromatic heterocycles. The Labute approximate surface area is 127 Å². The molecular formula is C16H25BO4. The number of ether oxygens (including phenoxy) is 2. The molecule has 0 radical (unpaired) electrons. The highest BCUT2D eigenvalue weighted by Gasteiger charge is 2.52. The quantitative estimate of drug-likeness (QED) is 0.475. The monoisotopic (exact) mass is 292 g/mol. The maximum atomic E-state index is 6.09. The number of aryl methyl sites for hydroxylation is 1. The molecule has 1 saturated heterocycles. The molecule has 1 aromatic carbocycles. The Morgan fingerprint density at radius 2 is 1.71 bits per heavy atom. The standard InChI is InChI=1S/C16H25BO4/c1-7-18-11-19-14-10-12(2)8-9-13(14)17-20-15(3,4)16(5,6)21-17/h8-10H,7,11H2,1-6H3. The van der Waals surface area contributed by atoms with E-state index in [1.165, 1.54) is 0 Å². The fourth-order valence-corrected chi connectivity index (χ4v) is 2.12. The zero-order valence-electron chi connectivity index (χ0n) is 13.9. The van der Waals surface area contributed by atoms with Crippen LogP contribution in [0.5, 0.6) is 5.75 Å². The van der Waals surface area contributed by atoms with Gasteiger partial charge in [-0.2, -0.15) is 0 Å². The highest BCUT2D eigenvalue weighted by atomic mass is 16.7. The molecule has 116 valence electrons. The molecule has 0 spiro atoms. The zero-order valence-corrected chi connectivity index (χ0v) is 13.9. The first-order valence-electron chi connectivity index (χ1n) is 7.43. The smallest absolute Gasteiger partial charge is 0.468 e. The van der Waals surface area contributed by atoms with Crippen molar-refractivity contribution < 1.29 is 18.8 Å². The Kier molecular flexibility index (Phi) is 4.66. The van der Waals surface area contributed by atoms with Crippen LogP contribution in [0.25, 0.3) is 0 Å². The maximum absolute atomic E-state index is 6.09. The van der Waals surface area contributed by atoms with Crippen LogP contribution in [-0.2, 0) is 14.0 Å². The normalized spacial score (nSPS) is 19.8. The molecule has 0 bridgehead atoms. The molecule has 0 aliphatic carbocycles. The Balaban J connectivity index is 2.24. The van der Waals surface area contributed by atoms with E-state index in [0.29, 0.717) is 6.61 Å². The van der Waals surface area contributed by atoms with Gasteiger partial charge < -0.3 is 18.8 Å². The Morgan fingerprint density at radius 3 is 2.29 bits per heavy atom. The van der Waals surface area contributed by atoms with Crippen LogP contribution >= 0.6 is 0 Å². The maximum Gasteiger partial charge on any atom is 0.498 e.